The van der Waals surface area contributed by atoms with Crippen LogP contribution in [0.4, 0.5) is 0 Å². The van der Waals surface area contributed by atoms with Crippen molar-refractivity contribution in [3.8, 4) is 11.5 Å². The molecule has 0 spiro atoms. The van der Waals surface area contributed by atoms with Crippen LogP contribution in [0.2, 0.25) is 0 Å². The molecule has 3 aromatic rings. The molecule has 0 atom stereocenters. The minimum atomic E-state index is -0.320. The molecule has 1 amide bonds. The summed E-state index contributed by atoms with van der Waals surface area (Å²) in [5, 5.41) is 0. The number of thiazole rings is 1. The average Bonchev–Trinajstić information content (AvgIpc) is 3.32. The fraction of sp³-hybridized carbons (Fsp3) is 0.286. The lowest BCUT2D eigenvalue weighted by Gasteiger charge is -2.05. The number of amides is 1. The quantitative estimate of drug-likeness (QED) is 0.582. The third-order valence-electron chi connectivity index (χ3n) is 4.64. The summed E-state index contributed by atoms with van der Waals surface area (Å²) in [6, 6.07) is 13.6. The van der Waals surface area contributed by atoms with Gasteiger partial charge in [0.15, 0.2) is 16.3 Å². The summed E-state index contributed by atoms with van der Waals surface area (Å²) in [5.41, 5.74) is 1.94. The summed E-state index contributed by atoms with van der Waals surface area (Å²) in [4.78, 5) is 29.0. The van der Waals surface area contributed by atoms with Crippen LogP contribution in [0.1, 0.15) is 18.4 Å². The number of aryl methyl sites for hydroxylation is 2. The number of aromatic nitrogens is 1. The zero-order valence-electron chi connectivity index (χ0n) is 15.9. The Bertz CT molecular complexity index is 1120. The molecule has 1 aromatic heterocycles. The summed E-state index contributed by atoms with van der Waals surface area (Å²) >= 11 is 1.39. The summed E-state index contributed by atoms with van der Waals surface area (Å²) in [7, 11) is 1.36. The first kappa shape index (κ1) is 19.2. The second-order valence-electron chi connectivity index (χ2n) is 6.53. The number of benzene rings is 2. The number of esters is 1. The van der Waals surface area contributed by atoms with Gasteiger partial charge in [-0.2, -0.15) is 4.99 Å². The van der Waals surface area contributed by atoms with Gasteiger partial charge in [0.2, 0.25) is 12.7 Å². The van der Waals surface area contributed by atoms with Crippen molar-refractivity contribution < 1.29 is 23.8 Å². The lowest BCUT2D eigenvalue weighted by atomic mass is 10.1. The second kappa shape index (κ2) is 8.48. The Kier molecular flexibility index (Phi) is 5.62. The Morgan fingerprint density at radius 3 is 2.66 bits per heavy atom. The van der Waals surface area contributed by atoms with E-state index in [-0.39, 0.29) is 25.1 Å². The largest absolute Gasteiger partial charge is 0.469 e. The Morgan fingerprint density at radius 1 is 1.14 bits per heavy atom. The number of carbonyl (C=O) groups is 2. The second-order valence-corrected chi connectivity index (χ2v) is 7.54. The average molecular weight is 412 g/mol. The zero-order valence-corrected chi connectivity index (χ0v) is 16.7. The van der Waals surface area contributed by atoms with Crippen LogP contribution < -0.4 is 14.3 Å². The number of nitrogens with zero attached hydrogens (tertiary/aromatic N) is 2. The first-order chi connectivity index (χ1) is 14.1. The molecule has 1 aliphatic rings. The van der Waals surface area contributed by atoms with E-state index in [0.29, 0.717) is 35.7 Å². The fourth-order valence-corrected chi connectivity index (χ4v) is 4.21. The van der Waals surface area contributed by atoms with Crippen LogP contribution in [-0.2, 0) is 27.3 Å². The molecule has 150 valence electrons. The van der Waals surface area contributed by atoms with Gasteiger partial charge in [-0.25, -0.2) is 0 Å². The standard InChI is InChI=1S/C21H20N2O5S/c1-26-20(25)9-10-23-15-11-16-17(28-13-27-16)12-18(15)29-21(23)22-19(24)8-7-14-5-3-2-4-6-14/h2-6,11-12H,7-10,13H2,1H3. The van der Waals surface area contributed by atoms with Gasteiger partial charge in [-0.1, -0.05) is 41.7 Å². The number of methoxy groups -OCH3 is 1. The van der Waals surface area contributed by atoms with Crippen LogP contribution in [-0.4, -0.2) is 30.3 Å². The highest BCUT2D eigenvalue weighted by Crippen LogP contribution is 2.37. The maximum Gasteiger partial charge on any atom is 0.307 e. The molecule has 0 saturated heterocycles. The molecule has 0 unspecified atom stereocenters. The van der Waals surface area contributed by atoms with Crippen molar-refractivity contribution in [1.29, 1.82) is 0 Å². The molecule has 7 nitrogen and oxygen atoms in total. The predicted molar refractivity (Wildman–Crippen MR) is 108 cm³/mol. The van der Waals surface area contributed by atoms with Crippen LogP contribution in [0, 0.1) is 0 Å². The summed E-state index contributed by atoms with van der Waals surface area (Å²) in [5.74, 6) is 0.788. The van der Waals surface area contributed by atoms with Crippen molar-refractivity contribution in [1.82, 2.24) is 4.57 Å². The molecule has 2 heterocycles. The molecular weight excluding hydrogens is 392 g/mol. The van der Waals surface area contributed by atoms with E-state index in [2.05, 4.69) is 4.99 Å². The fourth-order valence-electron chi connectivity index (χ4n) is 3.12. The van der Waals surface area contributed by atoms with Gasteiger partial charge in [-0.3, -0.25) is 9.59 Å². The first-order valence-corrected chi connectivity index (χ1v) is 10.1. The van der Waals surface area contributed by atoms with Crippen molar-refractivity contribution in [3.63, 3.8) is 0 Å². The van der Waals surface area contributed by atoms with Gasteiger partial charge in [-0.05, 0) is 12.0 Å². The highest BCUT2D eigenvalue weighted by Gasteiger charge is 2.18. The van der Waals surface area contributed by atoms with Crippen LogP contribution in [0.3, 0.4) is 0 Å². The van der Waals surface area contributed by atoms with Crippen LogP contribution in [0.25, 0.3) is 10.2 Å². The molecule has 1 aliphatic heterocycles. The van der Waals surface area contributed by atoms with Crippen molar-refractivity contribution in [3.05, 3.63) is 52.8 Å². The van der Waals surface area contributed by atoms with Crippen molar-refractivity contribution in [2.24, 2.45) is 4.99 Å². The molecular formula is C21H20N2O5S. The Balaban J connectivity index is 1.65. The molecule has 0 saturated carbocycles. The Hall–Kier alpha value is -3.13. The van der Waals surface area contributed by atoms with Gasteiger partial charge >= 0.3 is 5.97 Å². The van der Waals surface area contributed by atoms with E-state index in [0.717, 1.165) is 15.8 Å². The minimum Gasteiger partial charge on any atom is -0.469 e. The van der Waals surface area contributed by atoms with E-state index in [1.54, 1.807) is 0 Å². The molecule has 29 heavy (non-hydrogen) atoms. The van der Waals surface area contributed by atoms with E-state index < -0.39 is 0 Å². The Labute approximate surface area is 171 Å². The summed E-state index contributed by atoms with van der Waals surface area (Å²) in [6.07, 6.45) is 1.13. The number of rotatable bonds is 6. The SMILES string of the molecule is COC(=O)CCn1c(=NC(=O)CCc2ccccc2)sc2cc3c(cc21)OCO3. The van der Waals surface area contributed by atoms with Crippen molar-refractivity contribution in [2.75, 3.05) is 13.9 Å². The van der Waals surface area contributed by atoms with Crippen molar-refractivity contribution >= 4 is 33.4 Å². The van der Waals surface area contributed by atoms with E-state index >= 15 is 0 Å². The lowest BCUT2D eigenvalue weighted by Crippen LogP contribution is -2.19. The number of carbonyl (C=O) groups excluding carboxylic acids is 2. The van der Waals surface area contributed by atoms with Gasteiger partial charge in [-0.15, -0.1) is 0 Å². The molecule has 0 radical (unpaired) electrons. The van der Waals surface area contributed by atoms with Crippen molar-refractivity contribution in [2.45, 2.75) is 25.8 Å². The highest BCUT2D eigenvalue weighted by atomic mass is 32.1. The smallest absolute Gasteiger partial charge is 0.307 e. The van der Waals surface area contributed by atoms with Crippen LogP contribution >= 0.6 is 11.3 Å². The molecule has 0 aliphatic carbocycles. The van der Waals surface area contributed by atoms with E-state index in [1.165, 1.54) is 18.4 Å². The summed E-state index contributed by atoms with van der Waals surface area (Å²) < 4.78 is 18.4. The maximum absolute atomic E-state index is 12.5. The number of hydrogen-bond donors (Lipinski definition) is 0. The number of hydrogen-bond acceptors (Lipinski definition) is 6. The normalized spacial score (nSPS) is 13.1. The maximum atomic E-state index is 12.5. The monoisotopic (exact) mass is 412 g/mol. The zero-order chi connectivity index (χ0) is 20.2. The van der Waals surface area contributed by atoms with Crippen LogP contribution in [0.15, 0.2) is 47.5 Å². The molecule has 0 N–H and O–H groups in total. The van der Waals surface area contributed by atoms with E-state index in [4.69, 9.17) is 14.2 Å². The van der Waals surface area contributed by atoms with Crippen LogP contribution in [0.5, 0.6) is 11.5 Å². The minimum absolute atomic E-state index is 0.183. The van der Waals surface area contributed by atoms with E-state index in [9.17, 15) is 9.59 Å². The molecule has 4 rings (SSSR count). The predicted octanol–water partition coefficient (Wildman–Crippen LogP) is 3.05. The Morgan fingerprint density at radius 2 is 1.90 bits per heavy atom. The number of ether oxygens (including phenoxy) is 3. The first-order valence-electron chi connectivity index (χ1n) is 9.25. The lowest BCUT2D eigenvalue weighted by molar-refractivity contribution is -0.140. The summed E-state index contributed by atoms with van der Waals surface area (Å²) in [6.45, 7) is 0.543. The molecule has 0 fully saturated rings. The topological polar surface area (TPSA) is 79.1 Å². The van der Waals surface area contributed by atoms with Gasteiger partial charge < -0.3 is 18.8 Å². The highest BCUT2D eigenvalue weighted by molar-refractivity contribution is 7.16. The molecule has 2 aromatic carbocycles. The van der Waals surface area contributed by atoms with Gasteiger partial charge in [0.25, 0.3) is 0 Å². The third-order valence-corrected chi connectivity index (χ3v) is 5.68. The van der Waals surface area contributed by atoms with Gasteiger partial charge in [0.1, 0.15) is 0 Å². The molecule has 8 heteroatoms. The van der Waals surface area contributed by atoms with E-state index in [1.807, 2.05) is 47.0 Å². The van der Waals surface area contributed by atoms with Gasteiger partial charge in [0.05, 0.1) is 23.7 Å². The van der Waals surface area contributed by atoms with Gasteiger partial charge in [0, 0.05) is 25.1 Å². The molecule has 0 bridgehead atoms. The third kappa shape index (κ3) is 4.32. The number of fused-ring (bicyclic) bond motifs is 2.